The van der Waals surface area contributed by atoms with Gasteiger partial charge in [0.25, 0.3) is 0 Å². The Balaban J connectivity index is 1.99. The molecule has 1 nitrogen and oxygen atoms in total. The number of nitrogens with one attached hydrogen (secondary N) is 1. The average Bonchev–Trinajstić information content (AvgIpc) is 2.49. The minimum absolute atomic E-state index is 0.724. The van der Waals surface area contributed by atoms with Crippen LogP contribution in [0, 0.1) is 11.8 Å². The van der Waals surface area contributed by atoms with Crippen LogP contribution in [0.4, 0.5) is 0 Å². The van der Waals surface area contributed by atoms with Crippen molar-refractivity contribution < 1.29 is 0 Å². The third kappa shape index (κ3) is 5.41. The lowest BCUT2D eigenvalue weighted by molar-refractivity contribution is 0.194. The zero-order chi connectivity index (χ0) is 15.1. The molecule has 0 aliphatic heterocycles. The summed E-state index contributed by atoms with van der Waals surface area (Å²) < 4.78 is 1.18. The van der Waals surface area contributed by atoms with Gasteiger partial charge in [-0.25, -0.2) is 0 Å². The molecular weight excluding hydrogens is 322 g/mol. The predicted molar refractivity (Wildman–Crippen MR) is 95.7 cm³/mol. The van der Waals surface area contributed by atoms with Gasteiger partial charge in [-0.15, -0.1) is 0 Å². The standard InChI is InChI=1S/C19H30BrN/c1-3-5-15-8-11-19(21-12-4-2)17(13-15)14-16-6-9-18(20)10-7-16/h6-7,9-10,15,17,19,21H,3-5,8,11-14H2,1-2H3. The first-order chi connectivity index (χ1) is 10.2. The minimum Gasteiger partial charge on any atom is -0.314 e. The van der Waals surface area contributed by atoms with Crippen LogP contribution < -0.4 is 5.32 Å². The van der Waals surface area contributed by atoms with Crippen molar-refractivity contribution in [2.24, 2.45) is 11.8 Å². The van der Waals surface area contributed by atoms with Gasteiger partial charge in [0.05, 0.1) is 0 Å². The summed E-state index contributed by atoms with van der Waals surface area (Å²) in [5, 5.41) is 3.81. The number of benzene rings is 1. The van der Waals surface area contributed by atoms with E-state index in [1.807, 2.05) is 0 Å². The van der Waals surface area contributed by atoms with E-state index >= 15 is 0 Å². The number of halogens is 1. The van der Waals surface area contributed by atoms with Gasteiger partial charge in [0.1, 0.15) is 0 Å². The molecule has 1 N–H and O–H groups in total. The summed E-state index contributed by atoms with van der Waals surface area (Å²) in [6.45, 7) is 5.75. The van der Waals surface area contributed by atoms with E-state index < -0.39 is 0 Å². The van der Waals surface area contributed by atoms with Crippen molar-refractivity contribution in [1.82, 2.24) is 5.32 Å². The fourth-order valence-corrected chi connectivity index (χ4v) is 4.04. The second-order valence-electron chi connectivity index (χ2n) is 6.62. The molecule has 2 rings (SSSR count). The molecule has 0 aromatic heterocycles. The van der Waals surface area contributed by atoms with Gasteiger partial charge < -0.3 is 5.32 Å². The maximum Gasteiger partial charge on any atom is 0.0175 e. The number of hydrogen-bond acceptors (Lipinski definition) is 1. The van der Waals surface area contributed by atoms with Crippen LogP contribution in [0.2, 0.25) is 0 Å². The first kappa shape index (κ1) is 17.0. The topological polar surface area (TPSA) is 12.0 Å². The van der Waals surface area contributed by atoms with Crippen LogP contribution >= 0.6 is 15.9 Å². The van der Waals surface area contributed by atoms with Gasteiger partial charge in [0, 0.05) is 10.5 Å². The Morgan fingerprint density at radius 3 is 2.52 bits per heavy atom. The maximum atomic E-state index is 3.81. The van der Waals surface area contributed by atoms with Crippen molar-refractivity contribution in [3.05, 3.63) is 34.3 Å². The summed E-state index contributed by atoms with van der Waals surface area (Å²) in [7, 11) is 0. The van der Waals surface area contributed by atoms with Gasteiger partial charge in [-0.2, -0.15) is 0 Å². The van der Waals surface area contributed by atoms with Crippen LogP contribution in [0.15, 0.2) is 28.7 Å². The quantitative estimate of drug-likeness (QED) is 0.676. The third-order valence-electron chi connectivity index (χ3n) is 4.86. The van der Waals surface area contributed by atoms with E-state index in [0.29, 0.717) is 0 Å². The van der Waals surface area contributed by atoms with Crippen molar-refractivity contribution in [2.75, 3.05) is 6.54 Å². The lowest BCUT2D eigenvalue weighted by Gasteiger charge is -2.37. The van der Waals surface area contributed by atoms with E-state index in [4.69, 9.17) is 0 Å². The summed E-state index contributed by atoms with van der Waals surface area (Å²) in [5.74, 6) is 1.76. The third-order valence-corrected chi connectivity index (χ3v) is 5.38. The molecule has 0 bridgehead atoms. The van der Waals surface area contributed by atoms with Gasteiger partial charge in [-0.1, -0.05) is 54.8 Å². The molecule has 1 saturated carbocycles. The van der Waals surface area contributed by atoms with Crippen LogP contribution in [0.25, 0.3) is 0 Å². The fourth-order valence-electron chi connectivity index (χ4n) is 3.78. The molecule has 3 unspecified atom stereocenters. The Hall–Kier alpha value is -0.340. The second-order valence-corrected chi connectivity index (χ2v) is 7.53. The molecule has 0 amide bonds. The molecule has 118 valence electrons. The summed E-state index contributed by atoms with van der Waals surface area (Å²) in [4.78, 5) is 0. The van der Waals surface area contributed by atoms with Crippen LogP contribution in [-0.4, -0.2) is 12.6 Å². The highest BCUT2D eigenvalue weighted by Crippen LogP contribution is 2.34. The summed E-state index contributed by atoms with van der Waals surface area (Å²) >= 11 is 3.53. The Morgan fingerprint density at radius 2 is 1.86 bits per heavy atom. The second kappa shape index (κ2) is 8.95. The Morgan fingerprint density at radius 1 is 1.10 bits per heavy atom. The molecule has 1 aromatic carbocycles. The minimum atomic E-state index is 0.724. The van der Waals surface area contributed by atoms with E-state index in [1.54, 1.807) is 0 Å². The molecule has 21 heavy (non-hydrogen) atoms. The highest BCUT2D eigenvalue weighted by atomic mass is 79.9. The molecule has 1 fully saturated rings. The highest BCUT2D eigenvalue weighted by molar-refractivity contribution is 9.10. The van der Waals surface area contributed by atoms with Gasteiger partial charge >= 0.3 is 0 Å². The van der Waals surface area contributed by atoms with E-state index in [0.717, 1.165) is 17.9 Å². The van der Waals surface area contributed by atoms with E-state index in [1.165, 1.54) is 61.5 Å². The number of rotatable bonds is 7. The Labute approximate surface area is 139 Å². The van der Waals surface area contributed by atoms with E-state index in [9.17, 15) is 0 Å². The van der Waals surface area contributed by atoms with E-state index in [2.05, 4.69) is 59.4 Å². The molecular formula is C19H30BrN. The first-order valence-corrected chi connectivity index (χ1v) is 9.50. The van der Waals surface area contributed by atoms with Crippen LogP contribution in [0.3, 0.4) is 0 Å². The average molecular weight is 352 g/mol. The molecule has 0 heterocycles. The lowest BCUT2D eigenvalue weighted by Crippen LogP contribution is -2.42. The molecule has 1 aliphatic rings. The Bertz CT molecular complexity index is 401. The maximum absolute atomic E-state index is 3.81. The van der Waals surface area contributed by atoms with Crippen LogP contribution in [0.1, 0.15) is 57.9 Å². The van der Waals surface area contributed by atoms with Crippen LogP contribution in [-0.2, 0) is 6.42 Å². The summed E-state index contributed by atoms with van der Waals surface area (Å²) in [6, 6.07) is 9.64. The smallest absolute Gasteiger partial charge is 0.0175 e. The normalized spacial score (nSPS) is 26.0. The largest absolute Gasteiger partial charge is 0.314 e. The van der Waals surface area contributed by atoms with Gasteiger partial charge in [-0.05, 0) is 68.2 Å². The van der Waals surface area contributed by atoms with Crippen molar-refractivity contribution >= 4 is 15.9 Å². The molecule has 0 saturated heterocycles. The van der Waals surface area contributed by atoms with Crippen molar-refractivity contribution in [1.29, 1.82) is 0 Å². The van der Waals surface area contributed by atoms with Gasteiger partial charge in [0.2, 0.25) is 0 Å². The Kier molecular flexibility index (Phi) is 7.25. The first-order valence-electron chi connectivity index (χ1n) is 8.70. The number of hydrogen-bond donors (Lipinski definition) is 1. The van der Waals surface area contributed by atoms with Crippen molar-refractivity contribution in [3.63, 3.8) is 0 Å². The highest BCUT2D eigenvalue weighted by Gasteiger charge is 2.29. The van der Waals surface area contributed by atoms with Crippen molar-refractivity contribution in [3.8, 4) is 0 Å². The summed E-state index contributed by atoms with van der Waals surface area (Å²) in [5.41, 5.74) is 1.49. The fraction of sp³-hybridized carbons (Fsp3) is 0.684. The van der Waals surface area contributed by atoms with Gasteiger partial charge in [0.15, 0.2) is 0 Å². The molecule has 0 radical (unpaired) electrons. The predicted octanol–water partition coefficient (Wildman–Crippen LogP) is 5.58. The van der Waals surface area contributed by atoms with Crippen LogP contribution in [0.5, 0.6) is 0 Å². The lowest BCUT2D eigenvalue weighted by atomic mass is 9.74. The molecule has 0 spiro atoms. The molecule has 3 atom stereocenters. The summed E-state index contributed by atoms with van der Waals surface area (Å²) in [6.07, 6.45) is 9.41. The molecule has 2 heteroatoms. The zero-order valence-electron chi connectivity index (χ0n) is 13.6. The van der Waals surface area contributed by atoms with E-state index in [-0.39, 0.29) is 0 Å². The van der Waals surface area contributed by atoms with Crippen molar-refractivity contribution in [2.45, 2.75) is 64.8 Å². The molecule has 1 aliphatic carbocycles. The monoisotopic (exact) mass is 351 g/mol. The zero-order valence-corrected chi connectivity index (χ0v) is 15.2. The molecule has 1 aromatic rings. The SMILES string of the molecule is CCCNC1CCC(CCC)CC1Cc1ccc(Br)cc1. The van der Waals surface area contributed by atoms with Gasteiger partial charge in [-0.3, -0.25) is 0 Å².